The van der Waals surface area contributed by atoms with Gasteiger partial charge < -0.3 is 5.32 Å². The van der Waals surface area contributed by atoms with Gasteiger partial charge in [-0.1, -0.05) is 25.5 Å². The van der Waals surface area contributed by atoms with Crippen molar-refractivity contribution in [2.24, 2.45) is 0 Å². The van der Waals surface area contributed by atoms with E-state index in [1.165, 1.54) is 41.9 Å². The summed E-state index contributed by atoms with van der Waals surface area (Å²) >= 11 is 1.36. The highest BCUT2D eigenvalue weighted by atomic mass is 32.1. The van der Waals surface area contributed by atoms with Crippen molar-refractivity contribution in [3.63, 3.8) is 0 Å². The molecule has 0 aliphatic carbocycles. The molecule has 0 bridgehead atoms. The number of non-ortho nitro benzene ring substituents is 1. The van der Waals surface area contributed by atoms with Crippen LogP contribution in [0.5, 0.6) is 0 Å². The van der Waals surface area contributed by atoms with Crippen LogP contribution in [-0.2, 0) is 6.42 Å². The van der Waals surface area contributed by atoms with Crippen LogP contribution in [-0.4, -0.2) is 9.91 Å². The van der Waals surface area contributed by atoms with Crippen molar-refractivity contribution in [2.75, 3.05) is 5.32 Å². The summed E-state index contributed by atoms with van der Waals surface area (Å²) in [6.45, 7) is 2.18. The molecule has 0 aliphatic rings. The summed E-state index contributed by atoms with van der Waals surface area (Å²) < 4.78 is 0. The topological polar surface area (TPSA) is 91.8 Å². The second kappa shape index (κ2) is 9.62. The fraction of sp³-hybridized carbons (Fsp3) is 0.182. The Labute approximate surface area is 173 Å². The summed E-state index contributed by atoms with van der Waals surface area (Å²) in [6.07, 6.45) is 5.07. The molecule has 2 aromatic carbocycles. The van der Waals surface area contributed by atoms with Crippen molar-refractivity contribution in [3.05, 3.63) is 80.8 Å². The van der Waals surface area contributed by atoms with Gasteiger partial charge in [-0.05, 0) is 42.7 Å². The van der Waals surface area contributed by atoms with Gasteiger partial charge in [0.15, 0.2) is 0 Å². The molecule has 29 heavy (non-hydrogen) atoms. The Balaban J connectivity index is 1.71. The largest absolute Gasteiger partial charge is 0.360 e. The summed E-state index contributed by atoms with van der Waals surface area (Å²) in [5, 5.41) is 25.9. The molecule has 1 heterocycles. The number of nitrogens with one attached hydrogen (secondary N) is 1. The number of nitrogens with zero attached hydrogens (tertiary/aromatic N) is 3. The standard InChI is InChI=1S/C22H20N4O2S/c1-2-3-4-16-5-9-19(10-6-16)24-14-18(13-23)22-25-21(15-29-22)17-7-11-20(12-8-17)26(27)28/h5-12,14-15,24H,2-4H2,1H3. The molecule has 6 nitrogen and oxygen atoms in total. The molecular weight excluding hydrogens is 384 g/mol. The van der Waals surface area contributed by atoms with Gasteiger partial charge in [-0.15, -0.1) is 11.3 Å². The van der Waals surface area contributed by atoms with Crippen molar-refractivity contribution in [1.82, 2.24) is 4.98 Å². The number of unbranched alkanes of at least 4 members (excludes halogenated alkanes) is 1. The lowest BCUT2D eigenvalue weighted by Crippen LogP contribution is -1.92. The lowest BCUT2D eigenvalue weighted by molar-refractivity contribution is -0.384. The zero-order valence-electron chi connectivity index (χ0n) is 16.0. The monoisotopic (exact) mass is 404 g/mol. The minimum absolute atomic E-state index is 0.0340. The lowest BCUT2D eigenvalue weighted by atomic mass is 10.1. The number of aromatic nitrogens is 1. The number of hydrogen-bond donors (Lipinski definition) is 1. The Morgan fingerprint density at radius 2 is 1.97 bits per heavy atom. The zero-order valence-corrected chi connectivity index (χ0v) is 16.8. The molecule has 0 atom stereocenters. The Morgan fingerprint density at radius 1 is 1.24 bits per heavy atom. The maximum absolute atomic E-state index is 10.8. The molecule has 146 valence electrons. The molecule has 0 unspecified atom stereocenters. The van der Waals surface area contributed by atoms with E-state index < -0.39 is 4.92 Å². The van der Waals surface area contributed by atoms with E-state index in [9.17, 15) is 15.4 Å². The van der Waals surface area contributed by atoms with Gasteiger partial charge in [-0.25, -0.2) is 4.98 Å². The predicted molar refractivity (Wildman–Crippen MR) is 116 cm³/mol. The van der Waals surface area contributed by atoms with E-state index in [-0.39, 0.29) is 5.69 Å². The van der Waals surface area contributed by atoms with E-state index in [4.69, 9.17) is 0 Å². The normalized spacial score (nSPS) is 11.1. The van der Waals surface area contributed by atoms with Gasteiger partial charge in [0.05, 0.1) is 10.6 Å². The van der Waals surface area contributed by atoms with Crippen LogP contribution >= 0.6 is 11.3 Å². The van der Waals surface area contributed by atoms with E-state index in [2.05, 4.69) is 35.4 Å². The van der Waals surface area contributed by atoms with Gasteiger partial charge >= 0.3 is 0 Å². The Kier molecular flexibility index (Phi) is 6.72. The Bertz CT molecular complexity index is 1050. The van der Waals surface area contributed by atoms with Crippen molar-refractivity contribution >= 4 is 28.3 Å². The molecule has 0 amide bonds. The molecule has 7 heteroatoms. The fourth-order valence-electron chi connectivity index (χ4n) is 2.73. The Hall–Kier alpha value is -3.50. The van der Waals surface area contributed by atoms with Crippen LogP contribution in [0, 0.1) is 21.4 Å². The van der Waals surface area contributed by atoms with E-state index >= 15 is 0 Å². The smallest absolute Gasteiger partial charge is 0.269 e. The van der Waals surface area contributed by atoms with Crippen LogP contribution in [0.15, 0.2) is 60.1 Å². The number of rotatable bonds is 8. The minimum Gasteiger partial charge on any atom is -0.360 e. The maximum atomic E-state index is 10.8. The van der Waals surface area contributed by atoms with Gasteiger partial charge in [-0.2, -0.15) is 5.26 Å². The molecule has 0 saturated carbocycles. The van der Waals surface area contributed by atoms with Crippen molar-refractivity contribution in [3.8, 4) is 17.3 Å². The number of hydrogen-bond acceptors (Lipinski definition) is 6. The summed E-state index contributed by atoms with van der Waals surface area (Å²) in [4.78, 5) is 14.8. The summed E-state index contributed by atoms with van der Waals surface area (Å²) in [5.41, 5.74) is 4.12. The summed E-state index contributed by atoms with van der Waals surface area (Å²) in [7, 11) is 0. The summed E-state index contributed by atoms with van der Waals surface area (Å²) in [6, 6.07) is 16.6. The first-order chi connectivity index (χ1) is 14.1. The predicted octanol–water partition coefficient (Wildman–Crippen LogP) is 6.04. The molecule has 0 aliphatic heterocycles. The van der Waals surface area contributed by atoms with Crippen LogP contribution in [0.25, 0.3) is 16.8 Å². The molecule has 0 saturated heterocycles. The highest BCUT2D eigenvalue weighted by Crippen LogP contribution is 2.27. The molecule has 0 radical (unpaired) electrons. The molecule has 1 N–H and O–H groups in total. The van der Waals surface area contributed by atoms with Gasteiger partial charge in [0.25, 0.3) is 5.69 Å². The number of benzene rings is 2. The maximum Gasteiger partial charge on any atom is 0.269 e. The highest BCUT2D eigenvalue weighted by molar-refractivity contribution is 7.11. The number of thiazole rings is 1. The van der Waals surface area contributed by atoms with E-state index in [1.807, 2.05) is 17.5 Å². The van der Waals surface area contributed by atoms with Crippen LogP contribution in [0.3, 0.4) is 0 Å². The van der Waals surface area contributed by atoms with Gasteiger partial charge in [0.1, 0.15) is 16.6 Å². The zero-order chi connectivity index (χ0) is 20.6. The quantitative estimate of drug-likeness (QED) is 0.281. The summed E-state index contributed by atoms with van der Waals surface area (Å²) in [5.74, 6) is 0. The minimum atomic E-state index is -0.436. The second-order valence-electron chi connectivity index (χ2n) is 6.46. The number of allylic oxidation sites excluding steroid dienone is 1. The number of nitro benzene ring substituents is 1. The SMILES string of the molecule is CCCCc1ccc(NC=C(C#N)c2nc(-c3ccc([N+](=O)[O-])cc3)cs2)cc1. The Morgan fingerprint density at radius 3 is 2.59 bits per heavy atom. The average molecular weight is 404 g/mol. The molecule has 3 rings (SSSR count). The number of anilines is 1. The number of nitriles is 1. The first kappa shape index (κ1) is 20.2. The highest BCUT2D eigenvalue weighted by Gasteiger charge is 2.11. The number of nitro groups is 1. The third-order valence-electron chi connectivity index (χ3n) is 4.39. The first-order valence-electron chi connectivity index (χ1n) is 9.27. The third kappa shape index (κ3) is 5.27. The molecule has 1 aromatic heterocycles. The van der Waals surface area contributed by atoms with E-state index in [0.717, 1.165) is 17.7 Å². The molecule has 0 spiro atoms. The van der Waals surface area contributed by atoms with Gasteiger partial charge in [0, 0.05) is 35.0 Å². The van der Waals surface area contributed by atoms with E-state index in [1.54, 1.807) is 18.3 Å². The van der Waals surface area contributed by atoms with Crippen LogP contribution in [0.1, 0.15) is 30.3 Å². The van der Waals surface area contributed by atoms with Crippen LogP contribution in [0.2, 0.25) is 0 Å². The van der Waals surface area contributed by atoms with Crippen molar-refractivity contribution < 1.29 is 4.92 Å². The van der Waals surface area contributed by atoms with Crippen molar-refractivity contribution in [1.29, 1.82) is 5.26 Å². The van der Waals surface area contributed by atoms with Gasteiger partial charge in [-0.3, -0.25) is 10.1 Å². The van der Waals surface area contributed by atoms with Crippen molar-refractivity contribution in [2.45, 2.75) is 26.2 Å². The lowest BCUT2D eigenvalue weighted by Gasteiger charge is -2.04. The third-order valence-corrected chi connectivity index (χ3v) is 5.26. The molecule has 0 fully saturated rings. The number of aryl methyl sites for hydroxylation is 1. The fourth-order valence-corrected chi connectivity index (χ4v) is 3.52. The average Bonchev–Trinajstić information content (AvgIpc) is 3.23. The molecule has 3 aromatic rings. The van der Waals surface area contributed by atoms with Crippen LogP contribution in [0.4, 0.5) is 11.4 Å². The van der Waals surface area contributed by atoms with Crippen LogP contribution < -0.4 is 5.32 Å². The first-order valence-corrected chi connectivity index (χ1v) is 10.1. The van der Waals surface area contributed by atoms with E-state index in [0.29, 0.717) is 16.3 Å². The molecular formula is C22H20N4O2S. The van der Waals surface area contributed by atoms with Gasteiger partial charge in [0.2, 0.25) is 0 Å². The second-order valence-corrected chi connectivity index (χ2v) is 7.31.